The van der Waals surface area contributed by atoms with Gasteiger partial charge in [-0.1, -0.05) is 20.8 Å². The van der Waals surface area contributed by atoms with Gasteiger partial charge in [0.1, 0.15) is 0 Å². The van der Waals surface area contributed by atoms with E-state index in [0.717, 1.165) is 19.3 Å². The summed E-state index contributed by atoms with van der Waals surface area (Å²) < 4.78 is 0. The van der Waals surface area contributed by atoms with Gasteiger partial charge >= 0.3 is 0 Å². The third kappa shape index (κ3) is 1.15. The van der Waals surface area contributed by atoms with E-state index in [1.165, 1.54) is 6.42 Å². The summed E-state index contributed by atoms with van der Waals surface area (Å²) in [7, 11) is 0. The van der Waals surface area contributed by atoms with Gasteiger partial charge in [0.2, 0.25) is 0 Å². The zero-order valence-corrected chi connectivity index (χ0v) is 10.6. The molecule has 3 fully saturated rings. The van der Waals surface area contributed by atoms with Crippen molar-refractivity contribution in [1.29, 1.82) is 0 Å². The van der Waals surface area contributed by atoms with Gasteiger partial charge in [0, 0.05) is 0 Å². The van der Waals surface area contributed by atoms with Crippen LogP contribution in [0.3, 0.4) is 0 Å². The lowest BCUT2D eigenvalue weighted by atomic mass is 9.71. The summed E-state index contributed by atoms with van der Waals surface area (Å²) in [5, 5.41) is 20.7. The molecule has 0 aromatic rings. The molecule has 3 rings (SSSR count). The van der Waals surface area contributed by atoms with Crippen LogP contribution in [-0.2, 0) is 0 Å². The van der Waals surface area contributed by atoms with E-state index in [-0.39, 0.29) is 17.6 Å². The third-order valence-corrected chi connectivity index (χ3v) is 6.27. The van der Waals surface area contributed by atoms with Crippen molar-refractivity contribution in [3.63, 3.8) is 0 Å². The van der Waals surface area contributed by atoms with Gasteiger partial charge in [0.05, 0.1) is 12.2 Å². The summed E-state index contributed by atoms with van der Waals surface area (Å²) >= 11 is 0. The van der Waals surface area contributed by atoms with Crippen LogP contribution >= 0.6 is 0 Å². The second-order valence-corrected chi connectivity index (χ2v) is 7.19. The number of hydrogen-bond donors (Lipinski definition) is 2. The van der Waals surface area contributed by atoms with Crippen LogP contribution in [0, 0.1) is 28.6 Å². The van der Waals surface area contributed by atoms with Gasteiger partial charge in [0.15, 0.2) is 0 Å². The first-order valence-electron chi connectivity index (χ1n) is 6.75. The molecular weight excluding hydrogens is 200 g/mol. The Bertz CT molecular complexity index is 312. The van der Waals surface area contributed by atoms with Crippen molar-refractivity contribution in [2.24, 2.45) is 28.6 Å². The molecule has 0 radical (unpaired) electrons. The monoisotopic (exact) mass is 224 g/mol. The lowest BCUT2D eigenvalue weighted by Crippen LogP contribution is -2.39. The standard InChI is InChI=1S/C14H24O2/c1-13(2)8-6-7-14(3)9(4-5-10(14)15)12(16)11(8)13/h8-12,15-16H,4-7H2,1-3H3. The lowest BCUT2D eigenvalue weighted by Gasteiger charge is -2.37. The van der Waals surface area contributed by atoms with Crippen molar-refractivity contribution in [1.82, 2.24) is 0 Å². The molecule has 0 saturated heterocycles. The van der Waals surface area contributed by atoms with Crippen molar-refractivity contribution < 1.29 is 10.2 Å². The molecule has 3 aliphatic carbocycles. The highest BCUT2D eigenvalue weighted by Gasteiger charge is 2.66. The Morgan fingerprint density at radius 2 is 1.62 bits per heavy atom. The quantitative estimate of drug-likeness (QED) is 0.662. The maximum Gasteiger partial charge on any atom is 0.0610 e. The maximum absolute atomic E-state index is 10.6. The van der Waals surface area contributed by atoms with Crippen molar-refractivity contribution in [3.8, 4) is 0 Å². The van der Waals surface area contributed by atoms with E-state index in [1.54, 1.807) is 0 Å². The Morgan fingerprint density at radius 1 is 0.938 bits per heavy atom. The predicted octanol–water partition coefficient (Wildman–Crippen LogP) is 2.19. The van der Waals surface area contributed by atoms with E-state index >= 15 is 0 Å². The Hall–Kier alpha value is -0.0800. The van der Waals surface area contributed by atoms with E-state index in [9.17, 15) is 10.2 Å². The van der Waals surface area contributed by atoms with Gasteiger partial charge in [-0.15, -0.1) is 0 Å². The lowest BCUT2D eigenvalue weighted by molar-refractivity contribution is -0.0248. The van der Waals surface area contributed by atoms with Crippen molar-refractivity contribution in [2.45, 2.75) is 58.7 Å². The molecule has 6 atom stereocenters. The molecular formula is C14H24O2. The summed E-state index contributed by atoms with van der Waals surface area (Å²) in [6.07, 6.45) is 3.82. The highest BCUT2D eigenvalue weighted by molar-refractivity contribution is 5.15. The maximum atomic E-state index is 10.6. The summed E-state index contributed by atoms with van der Waals surface area (Å²) in [4.78, 5) is 0. The molecule has 3 saturated carbocycles. The van der Waals surface area contributed by atoms with Crippen LogP contribution in [0.1, 0.15) is 46.5 Å². The van der Waals surface area contributed by atoms with Gasteiger partial charge in [-0.25, -0.2) is 0 Å². The largest absolute Gasteiger partial charge is 0.393 e. The molecule has 0 aromatic carbocycles. The summed E-state index contributed by atoms with van der Waals surface area (Å²) in [6.45, 7) is 6.77. The van der Waals surface area contributed by atoms with Crippen LogP contribution in [0.2, 0.25) is 0 Å². The zero-order valence-electron chi connectivity index (χ0n) is 10.6. The first kappa shape index (κ1) is 11.0. The van der Waals surface area contributed by atoms with Crippen molar-refractivity contribution >= 4 is 0 Å². The molecule has 0 bridgehead atoms. The van der Waals surface area contributed by atoms with Crippen LogP contribution in [0.5, 0.6) is 0 Å². The second-order valence-electron chi connectivity index (χ2n) is 7.19. The second kappa shape index (κ2) is 3.02. The minimum Gasteiger partial charge on any atom is -0.393 e. The van der Waals surface area contributed by atoms with E-state index in [0.29, 0.717) is 23.2 Å². The molecule has 2 heteroatoms. The number of aliphatic hydroxyl groups excluding tert-OH is 2. The highest BCUT2D eigenvalue weighted by Crippen LogP contribution is 2.68. The zero-order chi connectivity index (χ0) is 11.7. The Kier molecular flexibility index (Phi) is 2.09. The number of rotatable bonds is 0. The van der Waals surface area contributed by atoms with Crippen molar-refractivity contribution in [2.75, 3.05) is 0 Å². The van der Waals surface area contributed by atoms with E-state index in [1.807, 2.05) is 0 Å². The minimum absolute atomic E-state index is 0.0110. The Morgan fingerprint density at radius 3 is 2.31 bits per heavy atom. The molecule has 0 aromatic heterocycles. The smallest absolute Gasteiger partial charge is 0.0610 e. The van der Waals surface area contributed by atoms with Crippen LogP contribution in [0.25, 0.3) is 0 Å². The van der Waals surface area contributed by atoms with Gasteiger partial charge in [-0.2, -0.15) is 0 Å². The van der Waals surface area contributed by atoms with Gasteiger partial charge in [-0.05, 0) is 54.3 Å². The molecule has 0 amide bonds. The van der Waals surface area contributed by atoms with Crippen LogP contribution in [-0.4, -0.2) is 22.4 Å². The topological polar surface area (TPSA) is 40.5 Å². The van der Waals surface area contributed by atoms with Gasteiger partial charge in [-0.3, -0.25) is 0 Å². The SMILES string of the molecule is CC1(C)C2CCC3(C)C(O)CCC3C(O)C21. The van der Waals surface area contributed by atoms with Gasteiger partial charge in [0.25, 0.3) is 0 Å². The number of aliphatic hydroxyl groups is 2. The summed E-state index contributed by atoms with van der Waals surface area (Å²) in [5.41, 5.74) is 0.331. The fourth-order valence-electron chi connectivity index (χ4n) is 4.89. The molecule has 2 nitrogen and oxygen atoms in total. The van der Waals surface area contributed by atoms with Crippen LogP contribution in [0.4, 0.5) is 0 Å². The summed E-state index contributed by atoms with van der Waals surface area (Å²) in [6, 6.07) is 0. The first-order chi connectivity index (χ1) is 7.39. The molecule has 2 N–H and O–H groups in total. The summed E-state index contributed by atoms with van der Waals surface area (Å²) in [5.74, 6) is 1.51. The van der Waals surface area contributed by atoms with Crippen LogP contribution < -0.4 is 0 Å². The fourth-order valence-corrected chi connectivity index (χ4v) is 4.89. The molecule has 0 aliphatic heterocycles. The van der Waals surface area contributed by atoms with E-state index < -0.39 is 0 Å². The normalized spacial score (nSPS) is 58.7. The average Bonchev–Trinajstić information content (AvgIpc) is 2.67. The Balaban J connectivity index is 1.90. The molecule has 0 spiro atoms. The Labute approximate surface area is 98.1 Å². The number of fused-ring (bicyclic) bond motifs is 2. The number of hydrogen-bond acceptors (Lipinski definition) is 2. The van der Waals surface area contributed by atoms with E-state index in [4.69, 9.17) is 0 Å². The fraction of sp³-hybridized carbons (Fsp3) is 1.00. The molecule has 6 unspecified atom stereocenters. The van der Waals surface area contributed by atoms with Gasteiger partial charge < -0.3 is 10.2 Å². The molecule has 16 heavy (non-hydrogen) atoms. The molecule has 0 heterocycles. The molecule has 3 aliphatic rings. The molecule has 92 valence electrons. The minimum atomic E-state index is -0.187. The first-order valence-corrected chi connectivity index (χ1v) is 6.75. The van der Waals surface area contributed by atoms with E-state index in [2.05, 4.69) is 20.8 Å². The third-order valence-electron chi connectivity index (χ3n) is 6.27. The average molecular weight is 224 g/mol. The predicted molar refractivity (Wildman–Crippen MR) is 62.8 cm³/mol. The van der Waals surface area contributed by atoms with Crippen LogP contribution in [0.15, 0.2) is 0 Å². The van der Waals surface area contributed by atoms with Crippen molar-refractivity contribution in [3.05, 3.63) is 0 Å². The highest BCUT2D eigenvalue weighted by atomic mass is 16.3.